The number of nitrogens with one attached hydrogen (secondary N) is 1. The lowest BCUT2D eigenvalue weighted by Gasteiger charge is -2.17. The summed E-state index contributed by atoms with van der Waals surface area (Å²) < 4.78 is 0. The van der Waals surface area contributed by atoms with E-state index in [4.69, 9.17) is 11.6 Å². The minimum absolute atomic E-state index is 0.0892. The first-order chi connectivity index (χ1) is 8.02. The predicted octanol–water partition coefficient (Wildman–Crippen LogP) is 2.14. The molecule has 2 N–H and O–H groups in total. The number of carbonyl (C=O) groups excluding carboxylic acids is 1. The third kappa shape index (κ3) is 5.06. The van der Waals surface area contributed by atoms with Crippen LogP contribution in [-0.2, 0) is 11.2 Å². The Kier molecular flexibility index (Phi) is 5.95. The van der Waals surface area contributed by atoms with Crippen LogP contribution in [0.15, 0.2) is 24.3 Å². The fraction of sp³-hybridized carbons (Fsp3) is 0.417. The minimum Gasteiger partial charge on any atom is -0.394 e. The van der Waals surface area contributed by atoms with E-state index in [2.05, 4.69) is 21.2 Å². The number of halogens is 2. The average molecular weight is 321 g/mol. The molecule has 0 radical (unpaired) electrons. The Morgan fingerprint density at radius 2 is 2.06 bits per heavy atom. The zero-order valence-electron chi connectivity index (χ0n) is 9.49. The van der Waals surface area contributed by atoms with Crippen molar-refractivity contribution in [3.63, 3.8) is 0 Å². The van der Waals surface area contributed by atoms with Gasteiger partial charge in [0.15, 0.2) is 0 Å². The van der Waals surface area contributed by atoms with Crippen molar-refractivity contribution in [3.8, 4) is 0 Å². The van der Waals surface area contributed by atoms with Gasteiger partial charge in [-0.3, -0.25) is 4.79 Å². The van der Waals surface area contributed by atoms with Crippen molar-refractivity contribution in [2.45, 2.75) is 24.2 Å². The van der Waals surface area contributed by atoms with Crippen molar-refractivity contribution in [1.29, 1.82) is 0 Å². The van der Waals surface area contributed by atoms with E-state index in [9.17, 15) is 9.90 Å². The molecule has 0 fully saturated rings. The molecule has 0 aromatic heterocycles. The summed E-state index contributed by atoms with van der Waals surface area (Å²) >= 11 is 8.96. The quantitative estimate of drug-likeness (QED) is 0.817. The van der Waals surface area contributed by atoms with Crippen LogP contribution in [-0.4, -0.2) is 28.5 Å². The topological polar surface area (TPSA) is 49.3 Å². The fourth-order valence-electron chi connectivity index (χ4n) is 1.38. The normalized spacial score (nSPS) is 14.1. The molecule has 0 heterocycles. The van der Waals surface area contributed by atoms with Crippen LogP contribution in [0.3, 0.4) is 0 Å². The predicted molar refractivity (Wildman–Crippen MR) is 72.6 cm³/mol. The van der Waals surface area contributed by atoms with Crippen molar-refractivity contribution in [1.82, 2.24) is 5.32 Å². The molecule has 0 saturated carbocycles. The standard InChI is InChI=1S/C12H15BrClNO2/c1-8(13)12(17)15-11(7-16)6-9-2-4-10(14)5-3-9/h2-5,8,11,16H,6-7H2,1H3,(H,15,17)/t8-,11?/m1/s1. The Hall–Kier alpha value is -0.580. The van der Waals surface area contributed by atoms with Crippen molar-refractivity contribution >= 4 is 33.4 Å². The molecule has 0 saturated heterocycles. The monoisotopic (exact) mass is 319 g/mol. The van der Waals surface area contributed by atoms with Gasteiger partial charge >= 0.3 is 0 Å². The van der Waals surface area contributed by atoms with Gasteiger partial charge in [-0.15, -0.1) is 0 Å². The van der Waals surface area contributed by atoms with Gasteiger partial charge in [-0.25, -0.2) is 0 Å². The van der Waals surface area contributed by atoms with E-state index >= 15 is 0 Å². The van der Waals surface area contributed by atoms with Crippen LogP contribution >= 0.6 is 27.5 Å². The number of amides is 1. The van der Waals surface area contributed by atoms with Crippen LogP contribution < -0.4 is 5.32 Å². The molecule has 0 aliphatic rings. The van der Waals surface area contributed by atoms with Gasteiger partial charge in [0.1, 0.15) is 0 Å². The SMILES string of the molecule is C[C@@H](Br)C(=O)NC(CO)Cc1ccc(Cl)cc1. The van der Waals surface area contributed by atoms with Gasteiger partial charge in [0.2, 0.25) is 5.91 Å². The first-order valence-corrected chi connectivity index (χ1v) is 6.62. The highest BCUT2D eigenvalue weighted by molar-refractivity contribution is 9.10. The van der Waals surface area contributed by atoms with Gasteiger partial charge in [0.05, 0.1) is 17.5 Å². The highest BCUT2D eigenvalue weighted by atomic mass is 79.9. The van der Waals surface area contributed by atoms with Crippen molar-refractivity contribution < 1.29 is 9.90 Å². The maximum Gasteiger partial charge on any atom is 0.233 e. The number of aliphatic hydroxyl groups is 1. The number of hydrogen-bond acceptors (Lipinski definition) is 2. The van der Waals surface area contributed by atoms with Crippen LogP contribution in [0.4, 0.5) is 0 Å². The van der Waals surface area contributed by atoms with Crippen LogP contribution in [0, 0.1) is 0 Å². The molecule has 17 heavy (non-hydrogen) atoms. The van der Waals surface area contributed by atoms with E-state index in [1.165, 1.54) is 0 Å². The summed E-state index contributed by atoms with van der Waals surface area (Å²) in [6.45, 7) is 1.65. The van der Waals surface area contributed by atoms with Crippen molar-refractivity contribution in [2.75, 3.05) is 6.61 Å². The fourth-order valence-corrected chi connectivity index (χ4v) is 1.64. The zero-order valence-corrected chi connectivity index (χ0v) is 11.8. The molecular formula is C12H15BrClNO2. The second-order valence-electron chi connectivity index (χ2n) is 3.83. The Morgan fingerprint density at radius 1 is 1.47 bits per heavy atom. The molecule has 0 spiro atoms. The number of benzene rings is 1. The van der Waals surface area contributed by atoms with E-state index in [0.29, 0.717) is 11.4 Å². The van der Waals surface area contributed by atoms with E-state index in [1.54, 1.807) is 19.1 Å². The Morgan fingerprint density at radius 3 is 2.53 bits per heavy atom. The summed E-state index contributed by atoms with van der Waals surface area (Å²) in [7, 11) is 0. The maximum absolute atomic E-state index is 11.5. The average Bonchev–Trinajstić information content (AvgIpc) is 2.30. The summed E-state index contributed by atoms with van der Waals surface area (Å²) in [5.74, 6) is -0.127. The lowest BCUT2D eigenvalue weighted by atomic mass is 10.1. The Balaban J connectivity index is 2.57. The summed E-state index contributed by atoms with van der Waals surface area (Å²) in [4.78, 5) is 11.2. The molecule has 94 valence electrons. The zero-order chi connectivity index (χ0) is 12.8. The van der Waals surface area contributed by atoms with Gasteiger partial charge in [-0.05, 0) is 31.0 Å². The lowest BCUT2D eigenvalue weighted by Crippen LogP contribution is -2.42. The minimum atomic E-state index is -0.274. The maximum atomic E-state index is 11.5. The largest absolute Gasteiger partial charge is 0.394 e. The first-order valence-electron chi connectivity index (χ1n) is 5.32. The number of alkyl halides is 1. The van der Waals surface area contributed by atoms with E-state index in [1.807, 2.05) is 12.1 Å². The van der Waals surface area contributed by atoms with Crippen LogP contribution in [0.25, 0.3) is 0 Å². The second-order valence-corrected chi connectivity index (χ2v) is 5.64. The molecule has 0 aliphatic heterocycles. The molecule has 1 unspecified atom stereocenters. The molecule has 0 bridgehead atoms. The number of hydrogen-bond donors (Lipinski definition) is 2. The molecule has 5 heteroatoms. The highest BCUT2D eigenvalue weighted by Crippen LogP contribution is 2.11. The van der Waals surface area contributed by atoms with Gasteiger partial charge in [0, 0.05) is 5.02 Å². The van der Waals surface area contributed by atoms with Crippen molar-refractivity contribution in [2.24, 2.45) is 0 Å². The molecule has 1 rings (SSSR count). The van der Waals surface area contributed by atoms with Crippen LogP contribution in [0.2, 0.25) is 5.02 Å². The number of aliphatic hydroxyl groups excluding tert-OH is 1. The van der Waals surface area contributed by atoms with E-state index in [-0.39, 0.29) is 23.4 Å². The second kappa shape index (κ2) is 6.99. The molecule has 3 nitrogen and oxygen atoms in total. The summed E-state index contributed by atoms with van der Waals surface area (Å²) in [5.41, 5.74) is 1.02. The highest BCUT2D eigenvalue weighted by Gasteiger charge is 2.15. The molecule has 2 atom stereocenters. The number of carbonyl (C=O) groups is 1. The smallest absolute Gasteiger partial charge is 0.233 e. The molecule has 1 amide bonds. The van der Waals surface area contributed by atoms with Crippen LogP contribution in [0.1, 0.15) is 12.5 Å². The number of rotatable bonds is 5. The Labute approximate surface area is 114 Å². The summed E-state index contributed by atoms with van der Waals surface area (Å²) in [6.07, 6.45) is 0.582. The van der Waals surface area contributed by atoms with Gasteiger partial charge in [0.25, 0.3) is 0 Å². The molecule has 0 aliphatic carbocycles. The Bertz CT molecular complexity index is 367. The van der Waals surface area contributed by atoms with E-state index < -0.39 is 0 Å². The van der Waals surface area contributed by atoms with E-state index in [0.717, 1.165) is 5.56 Å². The van der Waals surface area contributed by atoms with Crippen molar-refractivity contribution in [3.05, 3.63) is 34.9 Å². The molecule has 1 aromatic rings. The first kappa shape index (κ1) is 14.5. The molecule has 1 aromatic carbocycles. The van der Waals surface area contributed by atoms with Gasteiger partial charge in [-0.1, -0.05) is 39.7 Å². The summed E-state index contributed by atoms with van der Waals surface area (Å²) in [6, 6.07) is 7.08. The third-order valence-corrected chi connectivity index (χ3v) is 2.99. The van der Waals surface area contributed by atoms with Gasteiger partial charge in [-0.2, -0.15) is 0 Å². The molecular weight excluding hydrogens is 305 g/mol. The van der Waals surface area contributed by atoms with Crippen LogP contribution in [0.5, 0.6) is 0 Å². The third-order valence-electron chi connectivity index (χ3n) is 2.32. The summed E-state index contributed by atoms with van der Waals surface area (Å²) in [5, 5.41) is 12.7. The van der Waals surface area contributed by atoms with Gasteiger partial charge < -0.3 is 10.4 Å². The lowest BCUT2D eigenvalue weighted by molar-refractivity contribution is -0.121.